The van der Waals surface area contributed by atoms with E-state index in [1.807, 2.05) is 28.8 Å². The quantitative estimate of drug-likeness (QED) is 0.740. The minimum Gasteiger partial charge on any atom is -0.460 e. The van der Waals surface area contributed by atoms with Gasteiger partial charge in [0.25, 0.3) is 0 Å². The van der Waals surface area contributed by atoms with Crippen molar-refractivity contribution in [2.24, 2.45) is 5.92 Å². The van der Waals surface area contributed by atoms with Crippen LogP contribution in [0.25, 0.3) is 16.9 Å². The zero-order valence-electron chi connectivity index (χ0n) is 12.1. The first-order valence-electron chi connectivity index (χ1n) is 7.32. The van der Waals surface area contributed by atoms with E-state index in [1.165, 1.54) is 0 Å². The summed E-state index contributed by atoms with van der Waals surface area (Å²) in [5.74, 6) is 1.31. The summed E-state index contributed by atoms with van der Waals surface area (Å²) in [4.78, 5) is 13.0. The highest BCUT2D eigenvalue weighted by Crippen LogP contribution is 2.30. The summed E-state index contributed by atoms with van der Waals surface area (Å²) in [6.45, 7) is 2.21. The van der Waals surface area contributed by atoms with Gasteiger partial charge in [-0.05, 0) is 30.9 Å². The summed E-state index contributed by atoms with van der Waals surface area (Å²) in [7, 11) is 0. The molecule has 0 spiro atoms. The van der Waals surface area contributed by atoms with Crippen LogP contribution < -0.4 is 4.74 Å². The Morgan fingerprint density at radius 2 is 2.05 bits per heavy atom. The smallest absolute Gasteiger partial charge is 0.318 e. The maximum Gasteiger partial charge on any atom is 0.318 e. The molecule has 2 heterocycles. The fourth-order valence-corrected chi connectivity index (χ4v) is 2.95. The maximum absolute atomic E-state index is 6.27. The van der Waals surface area contributed by atoms with Gasteiger partial charge < -0.3 is 4.74 Å². The highest BCUT2D eigenvalue weighted by atomic mass is 35.5. The Morgan fingerprint density at radius 1 is 1.23 bits per heavy atom. The van der Waals surface area contributed by atoms with E-state index in [0.29, 0.717) is 16.9 Å². The molecule has 0 bridgehead atoms. The first-order valence-corrected chi connectivity index (χ1v) is 7.70. The molecule has 1 fully saturated rings. The van der Waals surface area contributed by atoms with Crippen LogP contribution in [0.5, 0.6) is 6.01 Å². The van der Waals surface area contributed by atoms with Crippen LogP contribution in [0.1, 0.15) is 19.8 Å². The number of nitrogens with zero attached hydrogens (tertiary/aromatic N) is 4. The molecule has 6 heteroatoms. The lowest BCUT2D eigenvalue weighted by Gasteiger charge is -2.31. The van der Waals surface area contributed by atoms with Gasteiger partial charge in [-0.25, -0.2) is 9.97 Å². The zero-order chi connectivity index (χ0) is 15.1. The molecule has 1 aromatic carbocycles. The molecule has 0 amide bonds. The highest BCUT2D eigenvalue weighted by Gasteiger charge is 2.28. The van der Waals surface area contributed by atoms with E-state index < -0.39 is 0 Å². The number of imidazole rings is 1. The lowest BCUT2D eigenvalue weighted by Crippen LogP contribution is -2.32. The molecular formula is C16H15ClN4O. The van der Waals surface area contributed by atoms with Crippen molar-refractivity contribution in [1.82, 2.24) is 19.5 Å². The minimum atomic E-state index is 0.212. The largest absolute Gasteiger partial charge is 0.460 e. The first kappa shape index (κ1) is 13.5. The highest BCUT2D eigenvalue weighted by molar-refractivity contribution is 6.32. The zero-order valence-corrected chi connectivity index (χ0v) is 12.9. The molecule has 0 aliphatic heterocycles. The van der Waals surface area contributed by atoms with Crippen LogP contribution in [0.15, 0.2) is 36.8 Å². The van der Waals surface area contributed by atoms with Crippen molar-refractivity contribution >= 4 is 22.6 Å². The number of fused-ring (bicyclic) bond motifs is 1. The number of hydrogen-bond acceptors (Lipinski definition) is 4. The van der Waals surface area contributed by atoms with Crippen LogP contribution in [0, 0.1) is 5.92 Å². The van der Waals surface area contributed by atoms with Crippen molar-refractivity contribution < 1.29 is 4.74 Å². The minimum absolute atomic E-state index is 0.212. The van der Waals surface area contributed by atoms with Gasteiger partial charge in [0.15, 0.2) is 5.82 Å². The normalized spacial score (nSPS) is 20.8. The number of hydrogen-bond donors (Lipinski definition) is 0. The molecule has 3 aromatic rings. The molecule has 2 aromatic heterocycles. The van der Waals surface area contributed by atoms with Crippen molar-refractivity contribution in [3.63, 3.8) is 0 Å². The molecule has 1 aliphatic rings. The molecular weight excluding hydrogens is 300 g/mol. The van der Waals surface area contributed by atoms with E-state index in [2.05, 4.69) is 21.9 Å². The molecule has 0 saturated heterocycles. The summed E-state index contributed by atoms with van der Waals surface area (Å²) in [6.07, 6.45) is 5.61. The topological polar surface area (TPSA) is 52.8 Å². The Morgan fingerprint density at radius 3 is 2.86 bits per heavy atom. The Balaban J connectivity index is 1.71. The van der Waals surface area contributed by atoms with Gasteiger partial charge in [-0.3, -0.25) is 4.57 Å². The van der Waals surface area contributed by atoms with Crippen LogP contribution >= 0.6 is 11.6 Å². The summed E-state index contributed by atoms with van der Waals surface area (Å²) >= 11 is 6.27. The third-order valence-corrected chi connectivity index (χ3v) is 4.25. The predicted molar refractivity (Wildman–Crippen MR) is 84.5 cm³/mol. The molecule has 0 atom stereocenters. The average Bonchev–Trinajstić information content (AvgIpc) is 2.91. The van der Waals surface area contributed by atoms with Crippen molar-refractivity contribution in [2.45, 2.75) is 25.9 Å². The molecule has 5 nitrogen and oxygen atoms in total. The van der Waals surface area contributed by atoms with Gasteiger partial charge in [0.05, 0.1) is 17.2 Å². The Labute approximate surface area is 132 Å². The maximum atomic E-state index is 6.27. The molecule has 0 unspecified atom stereocenters. The molecule has 1 aliphatic carbocycles. The summed E-state index contributed by atoms with van der Waals surface area (Å²) in [6, 6.07) is 8.22. The number of aromatic nitrogens is 4. The van der Waals surface area contributed by atoms with E-state index in [9.17, 15) is 0 Å². The number of halogens is 1. The second-order valence-electron chi connectivity index (χ2n) is 5.74. The van der Waals surface area contributed by atoms with Crippen LogP contribution in [-0.2, 0) is 0 Å². The molecule has 112 valence electrons. The number of rotatable bonds is 3. The lowest BCUT2D eigenvalue weighted by molar-refractivity contribution is 0.0648. The van der Waals surface area contributed by atoms with Gasteiger partial charge in [0.1, 0.15) is 17.5 Å². The Hall–Kier alpha value is -2.14. The van der Waals surface area contributed by atoms with E-state index in [-0.39, 0.29) is 6.10 Å². The van der Waals surface area contributed by atoms with Gasteiger partial charge in [-0.2, -0.15) is 4.98 Å². The molecule has 1 saturated carbocycles. The Bertz CT molecular complexity index is 826. The number of ether oxygens (including phenoxy) is 1. The number of benzene rings is 1. The lowest BCUT2D eigenvalue weighted by atomic mass is 9.84. The van der Waals surface area contributed by atoms with Gasteiger partial charge in [0, 0.05) is 0 Å². The monoisotopic (exact) mass is 314 g/mol. The summed E-state index contributed by atoms with van der Waals surface area (Å²) in [5, 5.41) is 0.470. The molecule has 4 rings (SSSR count). The SMILES string of the molecule is C[C@H]1C[C@@H](Oc2ncc(Cl)c(-n3cnc4ccccc43)n2)C1. The van der Waals surface area contributed by atoms with Crippen molar-refractivity contribution in [2.75, 3.05) is 0 Å². The van der Waals surface area contributed by atoms with Crippen molar-refractivity contribution in [1.29, 1.82) is 0 Å². The third kappa shape index (κ3) is 2.31. The second kappa shape index (κ2) is 5.25. The van der Waals surface area contributed by atoms with Crippen LogP contribution in [-0.4, -0.2) is 25.6 Å². The van der Waals surface area contributed by atoms with E-state index in [4.69, 9.17) is 16.3 Å². The second-order valence-corrected chi connectivity index (χ2v) is 6.15. The van der Waals surface area contributed by atoms with Gasteiger partial charge >= 0.3 is 6.01 Å². The molecule has 0 N–H and O–H groups in total. The summed E-state index contributed by atoms with van der Waals surface area (Å²) < 4.78 is 7.67. The average molecular weight is 315 g/mol. The van der Waals surface area contributed by atoms with Crippen molar-refractivity contribution in [3.05, 3.63) is 41.8 Å². The van der Waals surface area contributed by atoms with Crippen LogP contribution in [0.3, 0.4) is 0 Å². The van der Waals surface area contributed by atoms with Gasteiger partial charge in [0.2, 0.25) is 0 Å². The Kier molecular flexibility index (Phi) is 3.22. The fraction of sp³-hybridized carbons (Fsp3) is 0.312. The standard InChI is InChI=1S/C16H15ClN4O/c1-10-6-11(7-10)22-16-18-8-12(17)15(20-16)21-9-19-13-4-2-3-5-14(13)21/h2-5,8-11H,6-7H2,1H3/t10-,11+. The van der Waals surface area contributed by atoms with Crippen molar-refractivity contribution in [3.8, 4) is 11.8 Å². The first-order chi connectivity index (χ1) is 10.7. The van der Waals surface area contributed by atoms with Gasteiger partial charge in [-0.15, -0.1) is 0 Å². The van der Waals surface area contributed by atoms with Gasteiger partial charge in [-0.1, -0.05) is 30.7 Å². The number of para-hydroxylation sites is 2. The van der Waals surface area contributed by atoms with Crippen LogP contribution in [0.2, 0.25) is 5.02 Å². The van der Waals surface area contributed by atoms with E-state index >= 15 is 0 Å². The molecule has 22 heavy (non-hydrogen) atoms. The van der Waals surface area contributed by atoms with Crippen LogP contribution in [0.4, 0.5) is 0 Å². The van der Waals surface area contributed by atoms with E-state index in [1.54, 1.807) is 12.5 Å². The fourth-order valence-electron chi connectivity index (χ4n) is 2.77. The molecule has 0 radical (unpaired) electrons. The predicted octanol–water partition coefficient (Wildman–Crippen LogP) is 3.65. The summed E-state index contributed by atoms with van der Waals surface area (Å²) in [5.41, 5.74) is 1.85. The van der Waals surface area contributed by atoms with E-state index in [0.717, 1.165) is 29.8 Å². The third-order valence-electron chi connectivity index (χ3n) is 3.99.